The molecule has 0 fully saturated rings. The first kappa shape index (κ1) is 21.3. The van der Waals surface area contributed by atoms with Gasteiger partial charge in [0.05, 0.1) is 20.8 Å². The van der Waals surface area contributed by atoms with Crippen molar-refractivity contribution in [3.8, 4) is 17.2 Å². The Morgan fingerprint density at radius 3 is 2.43 bits per heavy atom. The smallest absolute Gasteiger partial charge is 0.387 e. The molecule has 0 aliphatic carbocycles. The highest BCUT2D eigenvalue weighted by molar-refractivity contribution is 5.79. The first-order valence-electron chi connectivity index (χ1n) is 8.83. The van der Waals surface area contributed by atoms with Gasteiger partial charge in [-0.1, -0.05) is 24.3 Å². The van der Waals surface area contributed by atoms with E-state index in [1.54, 1.807) is 32.4 Å². The maximum atomic E-state index is 12.5. The number of ether oxygens (including phenoxy) is 3. The largest absolute Gasteiger partial charge is 0.493 e. The van der Waals surface area contributed by atoms with Crippen molar-refractivity contribution in [1.82, 2.24) is 10.6 Å². The van der Waals surface area contributed by atoms with E-state index in [9.17, 15) is 8.78 Å². The molecule has 8 heteroatoms. The maximum absolute atomic E-state index is 12.5. The summed E-state index contributed by atoms with van der Waals surface area (Å²) in [7, 11) is 3.16. The zero-order valence-corrected chi connectivity index (χ0v) is 16.2. The molecule has 0 aliphatic heterocycles. The molecule has 2 rings (SSSR count). The maximum Gasteiger partial charge on any atom is 0.387 e. The van der Waals surface area contributed by atoms with Crippen LogP contribution in [0.3, 0.4) is 0 Å². The number of nitrogens with zero attached hydrogens (tertiary/aromatic N) is 1. The molecule has 6 nitrogen and oxygen atoms in total. The lowest BCUT2D eigenvalue weighted by molar-refractivity contribution is -0.0504. The molecule has 0 aromatic heterocycles. The van der Waals surface area contributed by atoms with Crippen LogP contribution in [0.15, 0.2) is 47.5 Å². The molecule has 28 heavy (non-hydrogen) atoms. The molecule has 0 heterocycles. The zero-order chi connectivity index (χ0) is 20.4. The normalized spacial score (nSPS) is 11.3. The molecule has 0 bridgehead atoms. The third kappa shape index (κ3) is 6.29. The molecule has 0 saturated heterocycles. The van der Waals surface area contributed by atoms with Gasteiger partial charge in [0.2, 0.25) is 0 Å². The van der Waals surface area contributed by atoms with Crippen LogP contribution in [0.2, 0.25) is 0 Å². The first-order chi connectivity index (χ1) is 13.6. The Bertz CT molecular complexity index is 785. The van der Waals surface area contributed by atoms with Gasteiger partial charge in [0, 0.05) is 18.7 Å². The van der Waals surface area contributed by atoms with Crippen LogP contribution in [0.4, 0.5) is 8.78 Å². The number of halogens is 2. The lowest BCUT2D eigenvalue weighted by atomic mass is 10.2. The van der Waals surface area contributed by atoms with Crippen LogP contribution < -0.4 is 24.8 Å². The van der Waals surface area contributed by atoms with Crippen LogP contribution in [0.5, 0.6) is 17.2 Å². The van der Waals surface area contributed by atoms with Crippen LogP contribution >= 0.6 is 0 Å². The predicted molar refractivity (Wildman–Crippen MR) is 104 cm³/mol. The van der Waals surface area contributed by atoms with Crippen molar-refractivity contribution in [3.63, 3.8) is 0 Å². The number of hydrogen-bond donors (Lipinski definition) is 2. The van der Waals surface area contributed by atoms with Crippen LogP contribution in [0.25, 0.3) is 0 Å². The second-order valence-corrected chi connectivity index (χ2v) is 5.72. The molecule has 2 aromatic rings. The topological polar surface area (TPSA) is 64.1 Å². The van der Waals surface area contributed by atoms with Crippen LogP contribution in [-0.4, -0.2) is 33.3 Å². The molecule has 2 aromatic carbocycles. The van der Waals surface area contributed by atoms with E-state index in [0.717, 1.165) is 5.56 Å². The molecule has 0 atom stereocenters. The van der Waals surface area contributed by atoms with Gasteiger partial charge in [-0.25, -0.2) is 4.99 Å². The fraction of sp³-hybridized carbons (Fsp3) is 0.350. The minimum absolute atomic E-state index is 0.140. The second-order valence-electron chi connectivity index (χ2n) is 5.72. The number of alkyl halides is 2. The number of guanidine groups is 1. The molecular formula is C20H25F2N3O3. The number of nitrogens with one attached hydrogen (secondary N) is 2. The highest BCUT2D eigenvalue weighted by Crippen LogP contribution is 2.27. The standard InChI is InChI=1S/C20H25F2N3O3/c1-4-23-20(24-12-14-9-10-17(26-2)18(11-14)27-3)25-13-15-7-5-6-8-16(15)28-19(21)22/h5-11,19H,4,12-13H2,1-3H3,(H2,23,24,25). The van der Waals surface area contributed by atoms with Gasteiger partial charge in [-0.15, -0.1) is 0 Å². The molecule has 0 amide bonds. The van der Waals surface area contributed by atoms with Gasteiger partial charge in [0.1, 0.15) is 5.75 Å². The third-order valence-corrected chi connectivity index (χ3v) is 3.85. The summed E-state index contributed by atoms with van der Waals surface area (Å²) < 4.78 is 40.2. The fourth-order valence-electron chi connectivity index (χ4n) is 2.53. The van der Waals surface area contributed by atoms with Crippen molar-refractivity contribution in [2.24, 2.45) is 4.99 Å². The van der Waals surface area contributed by atoms with E-state index in [1.807, 2.05) is 25.1 Å². The summed E-state index contributed by atoms with van der Waals surface area (Å²) in [6, 6.07) is 12.2. The van der Waals surface area contributed by atoms with Crippen LogP contribution in [0, 0.1) is 0 Å². The van der Waals surface area contributed by atoms with Gasteiger partial charge < -0.3 is 24.8 Å². The van der Waals surface area contributed by atoms with Gasteiger partial charge >= 0.3 is 6.61 Å². The van der Waals surface area contributed by atoms with Crippen molar-refractivity contribution in [1.29, 1.82) is 0 Å². The Labute approximate surface area is 163 Å². The molecule has 0 unspecified atom stereocenters. The molecule has 0 saturated carbocycles. The average Bonchev–Trinajstić information content (AvgIpc) is 2.70. The summed E-state index contributed by atoms with van der Waals surface area (Å²) in [5.41, 5.74) is 1.55. The van der Waals surface area contributed by atoms with Crippen LogP contribution in [-0.2, 0) is 13.1 Å². The van der Waals surface area contributed by atoms with Gasteiger partial charge in [-0.05, 0) is 30.7 Å². The molecule has 0 spiro atoms. The fourth-order valence-corrected chi connectivity index (χ4v) is 2.53. The number of methoxy groups -OCH3 is 2. The van der Waals surface area contributed by atoms with E-state index >= 15 is 0 Å². The quantitative estimate of drug-likeness (QED) is 0.504. The summed E-state index contributed by atoms with van der Waals surface area (Å²) in [5, 5.41) is 6.26. The van der Waals surface area contributed by atoms with Gasteiger partial charge in [0.25, 0.3) is 0 Å². The highest BCUT2D eigenvalue weighted by Gasteiger charge is 2.10. The van der Waals surface area contributed by atoms with Crippen molar-refractivity contribution in [2.45, 2.75) is 26.6 Å². The monoisotopic (exact) mass is 393 g/mol. The van der Waals surface area contributed by atoms with E-state index < -0.39 is 6.61 Å². The Hall–Kier alpha value is -3.03. The number of para-hydroxylation sites is 1. The highest BCUT2D eigenvalue weighted by atomic mass is 19.3. The van der Waals surface area contributed by atoms with Crippen molar-refractivity contribution < 1.29 is 23.0 Å². The van der Waals surface area contributed by atoms with Crippen molar-refractivity contribution in [2.75, 3.05) is 20.8 Å². The summed E-state index contributed by atoms with van der Waals surface area (Å²) in [6.07, 6.45) is 0. The predicted octanol–water partition coefficient (Wildman–Crippen LogP) is 3.56. The zero-order valence-electron chi connectivity index (χ0n) is 16.2. The van der Waals surface area contributed by atoms with E-state index in [1.165, 1.54) is 6.07 Å². The van der Waals surface area contributed by atoms with Crippen LogP contribution in [0.1, 0.15) is 18.1 Å². The Morgan fingerprint density at radius 1 is 1.00 bits per heavy atom. The molecular weight excluding hydrogens is 368 g/mol. The lowest BCUT2D eigenvalue weighted by Crippen LogP contribution is -2.36. The number of rotatable bonds is 9. The van der Waals surface area contributed by atoms with E-state index in [0.29, 0.717) is 42.7 Å². The Kier molecular flexibility index (Phi) is 8.33. The number of aliphatic imine (C=N–C) groups is 1. The summed E-state index contributed by atoms with van der Waals surface area (Å²) in [4.78, 5) is 4.53. The molecule has 0 radical (unpaired) electrons. The summed E-state index contributed by atoms with van der Waals surface area (Å²) in [6.45, 7) is 0.438. The SMILES string of the molecule is CCNC(=NCc1ccc(OC)c(OC)c1)NCc1ccccc1OC(F)F. The van der Waals surface area contributed by atoms with E-state index in [4.69, 9.17) is 9.47 Å². The van der Waals surface area contributed by atoms with Gasteiger partial charge in [-0.3, -0.25) is 0 Å². The molecule has 2 N–H and O–H groups in total. The molecule has 152 valence electrons. The van der Waals surface area contributed by atoms with Gasteiger partial charge in [0.15, 0.2) is 17.5 Å². The van der Waals surface area contributed by atoms with Gasteiger partial charge in [-0.2, -0.15) is 8.78 Å². The Morgan fingerprint density at radius 2 is 1.75 bits per heavy atom. The van der Waals surface area contributed by atoms with E-state index in [-0.39, 0.29) is 5.75 Å². The third-order valence-electron chi connectivity index (χ3n) is 3.85. The lowest BCUT2D eigenvalue weighted by Gasteiger charge is -2.14. The van der Waals surface area contributed by atoms with E-state index in [2.05, 4.69) is 20.4 Å². The minimum Gasteiger partial charge on any atom is -0.493 e. The van der Waals surface area contributed by atoms with Crippen molar-refractivity contribution >= 4 is 5.96 Å². The number of benzene rings is 2. The minimum atomic E-state index is -2.87. The number of hydrogen-bond acceptors (Lipinski definition) is 4. The summed E-state index contributed by atoms with van der Waals surface area (Å²) in [5.74, 6) is 1.98. The molecule has 0 aliphatic rings. The van der Waals surface area contributed by atoms with Crippen molar-refractivity contribution in [3.05, 3.63) is 53.6 Å². The first-order valence-corrected chi connectivity index (χ1v) is 8.83. The summed E-state index contributed by atoms with van der Waals surface area (Å²) >= 11 is 0. The Balaban J connectivity index is 2.07. The average molecular weight is 393 g/mol. The second kappa shape index (κ2) is 11.0.